The van der Waals surface area contributed by atoms with Gasteiger partial charge in [0, 0.05) is 17.6 Å². The number of nitrogens with one attached hydrogen (secondary N) is 2. The Labute approximate surface area is 140 Å². The van der Waals surface area contributed by atoms with Crippen molar-refractivity contribution in [2.75, 3.05) is 5.32 Å². The summed E-state index contributed by atoms with van der Waals surface area (Å²) >= 11 is 7.15. The number of aromatic nitrogens is 3. The van der Waals surface area contributed by atoms with Crippen molar-refractivity contribution >= 4 is 34.0 Å². The van der Waals surface area contributed by atoms with Crippen molar-refractivity contribution in [1.82, 2.24) is 15.2 Å². The van der Waals surface area contributed by atoms with E-state index in [4.69, 9.17) is 16.9 Å². The van der Waals surface area contributed by atoms with Crippen LogP contribution in [0.4, 0.5) is 5.13 Å². The standard InChI is InChI=1S/C15H10ClN5OS/c16-11-3-1-9(2-4-11)6-13-20-21-15(23-13)19-14(22)12-5-10(7-17)8-18-12/h1-5,8,18H,6H2,(H,19,21,22). The fraction of sp³-hybridized carbons (Fsp3) is 0.0667. The maximum atomic E-state index is 12.0. The first-order chi connectivity index (χ1) is 11.1. The van der Waals surface area contributed by atoms with E-state index < -0.39 is 0 Å². The fourth-order valence-electron chi connectivity index (χ4n) is 1.91. The lowest BCUT2D eigenvalue weighted by atomic mass is 10.2. The maximum absolute atomic E-state index is 12.0. The smallest absolute Gasteiger partial charge is 0.273 e. The van der Waals surface area contributed by atoms with Crippen molar-refractivity contribution in [2.45, 2.75) is 6.42 Å². The molecule has 3 rings (SSSR count). The number of anilines is 1. The third-order valence-electron chi connectivity index (χ3n) is 3.01. The van der Waals surface area contributed by atoms with E-state index in [-0.39, 0.29) is 5.91 Å². The van der Waals surface area contributed by atoms with Crippen molar-refractivity contribution < 1.29 is 4.79 Å². The molecular formula is C15H10ClN5OS. The summed E-state index contributed by atoms with van der Waals surface area (Å²) in [6, 6.07) is 10.9. The summed E-state index contributed by atoms with van der Waals surface area (Å²) < 4.78 is 0. The summed E-state index contributed by atoms with van der Waals surface area (Å²) in [4.78, 5) is 14.8. The van der Waals surface area contributed by atoms with Crippen LogP contribution in [0.1, 0.15) is 26.6 Å². The lowest BCUT2D eigenvalue weighted by molar-refractivity contribution is 0.102. The largest absolute Gasteiger partial charge is 0.356 e. The van der Waals surface area contributed by atoms with Crippen LogP contribution < -0.4 is 5.32 Å². The molecule has 0 bridgehead atoms. The van der Waals surface area contributed by atoms with E-state index in [0.717, 1.165) is 10.6 Å². The Morgan fingerprint density at radius 2 is 2.13 bits per heavy atom. The molecule has 0 radical (unpaired) electrons. The number of nitriles is 1. The maximum Gasteiger partial charge on any atom is 0.273 e. The number of H-pyrrole nitrogens is 1. The van der Waals surface area contributed by atoms with Crippen LogP contribution in [0.25, 0.3) is 0 Å². The second-order valence-electron chi connectivity index (χ2n) is 4.67. The highest BCUT2D eigenvalue weighted by atomic mass is 35.5. The molecule has 3 aromatic rings. The summed E-state index contributed by atoms with van der Waals surface area (Å²) in [7, 11) is 0. The number of rotatable bonds is 4. The molecule has 2 N–H and O–H groups in total. The summed E-state index contributed by atoms with van der Waals surface area (Å²) in [6.45, 7) is 0. The van der Waals surface area contributed by atoms with Crippen molar-refractivity contribution in [3.63, 3.8) is 0 Å². The van der Waals surface area contributed by atoms with Gasteiger partial charge in [-0.1, -0.05) is 35.1 Å². The van der Waals surface area contributed by atoms with Gasteiger partial charge in [0.25, 0.3) is 5.91 Å². The minimum Gasteiger partial charge on any atom is -0.356 e. The van der Waals surface area contributed by atoms with Crippen LogP contribution in [-0.2, 0) is 6.42 Å². The van der Waals surface area contributed by atoms with E-state index in [1.165, 1.54) is 23.6 Å². The van der Waals surface area contributed by atoms with E-state index >= 15 is 0 Å². The van der Waals surface area contributed by atoms with Crippen LogP contribution in [0, 0.1) is 11.3 Å². The van der Waals surface area contributed by atoms with E-state index in [0.29, 0.717) is 27.8 Å². The Bertz CT molecular complexity index is 878. The Hall–Kier alpha value is -2.69. The molecule has 0 unspecified atom stereocenters. The second-order valence-corrected chi connectivity index (χ2v) is 6.17. The highest BCUT2D eigenvalue weighted by Gasteiger charge is 2.12. The molecule has 0 aliphatic rings. The van der Waals surface area contributed by atoms with Gasteiger partial charge in [0.2, 0.25) is 5.13 Å². The molecule has 6 nitrogen and oxygen atoms in total. The Balaban J connectivity index is 1.66. The first-order valence-corrected chi connectivity index (χ1v) is 7.80. The van der Waals surface area contributed by atoms with Crippen molar-refractivity contribution in [1.29, 1.82) is 5.26 Å². The number of nitrogens with zero attached hydrogens (tertiary/aromatic N) is 3. The summed E-state index contributed by atoms with van der Waals surface area (Å²) in [5, 5.41) is 21.3. The topological polar surface area (TPSA) is 94.5 Å². The van der Waals surface area contributed by atoms with Gasteiger partial charge in [-0.25, -0.2) is 0 Å². The Morgan fingerprint density at radius 3 is 2.83 bits per heavy atom. The molecule has 114 valence electrons. The minimum absolute atomic E-state index is 0.302. The van der Waals surface area contributed by atoms with Crippen LogP contribution >= 0.6 is 22.9 Å². The highest BCUT2D eigenvalue weighted by Crippen LogP contribution is 2.20. The quantitative estimate of drug-likeness (QED) is 0.760. The molecule has 8 heteroatoms. The number of aromatic amines is 1. The van der Waals surface area contributed by atoms with Crippen molar-refractivity contribution in [3.05, 3.63) is 63.4 Å². The molecule has 0 saturated heterocycles. The first kappa shape index (κ1) is 15.2. The SMILES string of the molecule is N#Cc1c[nH]c(C(=O)Nc2nnc(Cc3ccc(Cl)cc3)s2)c1. The van der Waals surface area contributed by atoms with Gasteiger partial charge in [-0.05, 0) is 23.8 Å². The molecule has 1 aromatic carbocycles. The lowest BCUT2D eigenvalue weighted by Crippen LogP contribution is -2.11. The predicted octanol–water partition coefficient (Wildman–Crippen LogP) is 3.23. The van der Waals surface area contributed by atoms with E-state index in [2.05, 4.69) is 20.5 Å². The number of amides is 1. The minimum atomic E-state index is -0.360. The van der Waals surface area contributed by atoms with Gasteiger partial charge in [0.1, 0.15) is 16.8 Å². The molecule has 1 amide bonds. The molecule has 0 aliphatic heterocycles. The average molecular weight is 344 g/mol. The number of hydrogen-bond acceptors (Lipinski definition) is 5. The summed E-state index contributed by atoms with van der Waals surface area (Å²) in [6.07, 6.45) is 2.09. The van der Waals surface area contributed by atoms with Gasteiger partial charge in [-0.15, -0.1) is 10.2 Å². The first-order valence-electron chi connectivity index (χ1n) is 6.61. The normalized spacial score (nSPS) is 10.3. The molecule has 23 heavy (non-hydrogen) atoms. The molecular weight excluding hydrogens is 334 g/mol. The average Bonchev–Trinajstić information content (AvgIpc) is 3.19. The van der Waals surface area contributed by atoms with Gasteiger partial charge in [0.15, 0.2) is 0 Å². The van der Waals surface area contributed by atoms with Crippen LogP contribution in [0.3, 0.4) is 0 Å². The van der Waals surface area contributed by atoms with Gasteiger partial charge >= 0.3 is 0 Å². The van der Waals surface area contributed by atoms with Gasteiger partial charge in [0.05, 0.1) is 5.56 Å². The second kappa shape index (κ2) is 6.60. The lowest BCUT2D eigenvalue weighted by Gasteiger charge is -1.98. The van der Waals surface area contributed by atoms with Crippen molar-refractivity contribution in [3.8, 4) is 6.07 Å². The number of halogens is 1. The van der Waals surface area contributed by atoms with Crippen LogP contribution in [0.15, 0.2) is 36.5 Å². The number of carbonyl (C=O) groups is 1. The van der Waals surface area contributed by atoms with E-state index in [9.17, 15) is 4.79 Å². The molecule has 0 atom stereocenters. The Morgan fingerprint density at radius 1 is 1.35 bits per heavy atom. The number of benzene rings is 1. The molecule has 0 spiro atoms. The summed E-state index contributed by atoms with van der Waals surface area (Å²) in [5.74, 6) is -0.360. The molecule has 2 heterocycles. The fourth-order valence-corrected chi connectivity index (χ4v) is 2.80. The number of carbonyl (C=O) groups excluding carboxylic acids is 1. The zero-order chi connectivity index (χ0) is 16.2. The Kier molecular flexibility index (Phi) is 4.37. The van der Waals surface area contributed by atoms with Crippen LogP contribution in [0.5, 0.6) is 0 Å². The monoisotopic (exact) mass is 343 g/mol. The van der Waals surface area contributed by atoms with Gasteiger partial charge in [-0.2, -0.15) is 5.26 Å². The van der Waals surface area contributed by atoms with Crippen molar-refractivity contribution in [2.24, 2.45) is 0 Å². The molecule has 0 fully saturated rings. The van der Waals surface area contributed by atoms with Crippen LogP contribution in [0.2, 0.25) is 5.02 Å². The van der Waals surface area contributed by atoms with Gasteiger partial charge in [-0.3, -0.25) is 10.1 Å². The predicted molar refractivity (Wildman–Crippen MR) is 87.6 cm³/mol. The third-order valence-corrected chi connectivity index (χ3v) is 4.10. The molecule has 0 aliphatic carbocycles. The van der Waals surface area contributed by atoms with Gasteiger partial charge < -0.3 is 4.98 Å². The van der Waals surface area contributed by atoms with E-state index in [1.807, 2.05) is 30.3 Å². The van der Waals surface area contributed by atoms with E-state index in [1.54, 1.807) is 0 Å². The zero-order valence-corrected chi connectivity index (χ0v) is 13.3. The number of hydrogen-bond donors (Lipinski definition) is 2. The van der Waals surface area contributed by atoms with Crippen LogP contribution in [-0.4, -0.2) is 21.1 Å². The molecule has 0 saturated carbocycles. The summed E-state index contributed by atoms with van der Waals surface area (Å²) in [5.41, 5.74) is 1.76. The highest BCUT2D eigenvalue weighted by molar-refractivity contribution is 7.15. The molecule has 2 aromatic heterocycles. The zero-order valence-electron chi connectivity index (χ0n) is 11.7. The third kappa shape index (κ3) is 3.74.